The Kier molecular flexibility index (Phi) is 3.98. The predicted molar refractivity (Wildman–Crippen MR) is 91.3 cm³/mol. The third-order valence-corrected chi connectivity index (χ3v) is 5.08. The maximum Gasteiger partial charge on any atom is 0.223 e. The number of nitrogens with zero attached hydrogens (tertiary/aromatic N) is 3. The van der Waals surface area contributed by atoms with Crippen LogP contribution in [-0.2, 0) is 0 Å². The van der Waals surface area contributed by atoms with Crippen LogP contribution in [0.15, 0.2) is 30.6 Å². The van der Waals surface area contributed by atoms with Crippen LogP contribution in [0.2, 0.25) is 0 Å². The molecule has 4 heteroatoms. The average molecular weight is 308 g/mol. The van der Waals surface area contributed by atoms with Gasteiger partial charge in [-0.1, -0.05) is 12.8 Å². The summed E-state index contributed by atoms with van der Waals surface area (Å²) in [4.78, 5) is 13.8. The Balaban J connectivity index is 1.56. The highest BCUT2D eigenvalue weighted by molar-refractivity contribution is 5.33. The van der Waals surface area contributed by atoms with Crippen LogP contribution in [-0.4, -0.2) is 15.0 Å². The smallest absolute Gasteiger partial charge is 0.223 e. The highest BCUT2D eigenvalue weighted by Crippen LogP contribution is 2.42. The summed E-state index contributed by atoms with van der Waals surface area (Å²) in [6, 6.07) is 6.54. The first kappa shape index (κ1) is 14.6. The number of hydrogen-bond acceptors (Lipinski definition) is 4. The molecular weight excluding hydrogens is 284 g/mol. The minimum absolute atomic E-state index is 0.230. The van der Waals surface area contributed by atoms with E-state index in [0.717, 1.165) is 11.6 Å². The first-order chi connectivity index (χ1) is 11.3. The topological polar surface area (TPSA) is 50.7 Å². The summed E-state index contributed by atoms with van der Waals surface area (Å²) < 4.78 is 0. The fourth-order valence-corrected chi connectivity index (χ4v) is 3.62. The van der Waals surface area contributed by atoms with Crippen LogP contribution in [0.1, 0.15) is 67.4 Å². The van der Waals surface area contributed by atoms with E-state index in [1.165, 1.54) is 49.8 Å². The molecule has 120 valence electrons. The van der Waals surface area contributed by atoms with E-state index in [-0.39, 0.29) is 6.04 Å². The van der Waals surface area contributed by atoms with Crippen molar-refractivity contribution in [3.8, 4) is 0 Å². The van der Waals surface area contributed by atoms with Gasteiger partial charge in [0.2, 0.25) is 5.95 Å². The molecule has 1 N–H and O–H groups in total. The summed E-state index contributed by atoms with van der Waals surface area (Å²) in [5, 5.41) is 3.56. The van der Waals surface area contributed by atoms with E-state index in [2.05, 4.69) is 34.3 Å². The highest BCUT2D eigenvalue weighted by Gasteiger charge is 2.34. The van der Waals surface area contributed by atoms with Crippen molar-refractivity contribution < 1.29 is 0 Å². The quantitative estimate of drug-likeness (QED) is 0.889. The van der Waals surface area contributed by atoms with Gasteiger partial charge in [-0.15, -0.1) is 0 Å². The molecule has 0 bridgehead atoms. The fourth-order valence-electron chi connectivity index (χ4n) is 3.62. The minimum atomic E-state index is 0.230. The number of rotatable bonds is 5. The van der Waals surface area contributed by atoms with Crippen LogP contribution < -0.4 is 5.32 Å². The Morgan fingerprint density at radius 1 is 1.04 bits per heavy atom. The van der Waals surface area contributed by atoms with E-state index in [1.54, 1.807) is 0 Å². The first-order valence-corrected chi connectivity index (χ1v) is 8.81. The third kappa shape index (κ3) is 3.36. The summed E-state index contributed by atoms with van der Waals surface area (Å²) in [6.45, 7) is 2.12. The molecule has 2 aliphatic rings. The van der Waals surface area contributed by atoms with Crippen molar-refractivity contribution in [2.24, 2.45) is 5.92 Å². The molecule has 2 heterocycles. The molecule has 0 aromatic carbocycles. The molecule has 0 radical (unpaired) electrons. The molecule has 1 atom stereocenters. The van der Waals surface area contributed by atoms with Crippen molar-refractivity contribution in [3.05, 3.63) is 47.5 Å². The zero-order chi connectivity index (χ0) is 15.6. The fraction of sp³-hybridized carbons (Fsp3) is 0.526. The lowest BCUT2D eigenvalue weighted by Crippen LogP contribution is -2.17. The number of hydrogen-bond donors (Lipinski definition) is 1. The van der Waals surface area contributed by atoms with E-state index in [1.807, 2.05) is 18.5 Å². The molecule has 2 saturated carbocycles. The molecule has 2 aromatic rings. The maximum absolute atomic E-state index is 4.80. The summed E-state index contributed by atoms with van der Waals surface area (Å²) in [5.41, 5.74) is 3.57. The van der Waals surface area contributed by atoms with Crippen LogP contribution in [0.4, 0.5) is 5.95 Å². The molecule has 2 aromatic heterocycles. The summed E-state index contributed by atoms with van der Waals surface area (Å²) in [7, 11) is 0. The highest BCUT2D eigenvalue weighted by atomic mass is 15.1. The van der Waals surface area contributed by atoms with Crippen molar-refractivity contribution in [3.63, 3.8) is 0 Å². The molecule has 4 nitrogen and oxygen atoms in total. The van der Waals surface area contributed by atoms with Gasteiger partial charge in [0.05, 0.1) is 11.7 Å². The van der Waals surface area contributed by atoms with Gasteiger partial charge in [0.15, 0.2) is 0 Å². The zero-order valence-electron chi connectivity index (χ0n) is 13.7. The van der Waals surface area contributed by atoms with E-state index >= 15 is 0 Å². The van der Waals surface area contributed by atoms with Crippen LogP contribution in [0.3, 0.4) is 0 Å². The second-order valence-corrected chi connectivity index (χ2v) is 7.00. The maximum atomic E-state index is 4.80. The Morgan fingerprint density at radius 3 is 2.57 bits per heavy atom. The molecule has 2 fully saturated rings. The number of aryl methyl sites for hydroxylation is 1. The van der Waals surface area contributed by atoms with E-state index in [0.29, 0.717) is 11.8 Å². The normalized spacial score (nSPS) is 19.7. The standard InChI is InChI=1S/C19H24N4/c1-13-8-10-20-17(12-13)18(15-6-7-15)23-19-21-11-9-16(22-19)14-4-2-3-5-14/h8-12,14-15,18H,2-7H2,1H3,(H,21,22,23)/t18-/m0/s1. The number of aromatic nitrogens is 3. The molecule has 4 rings (SSSR count). The van der Waals surface area contributed by atoms with Gasteiger partial charge in [-0.05, 0) is 62.3 Å². The van der Waals surface area contributed by atoms with Gasteiger partial charge >= 0.3 is 0 Å². The lowest BCUT2D eigenvalue weighted by atomic mass is 10.0. The molecule has 2 aliphatic carbocycles. The molecule has 0 saturated heterocycles. The van der Waals surface area contributed by atoms with Crippen molar-refractivity contribution in [2.75, 3.05) is 5.32 Å². The largest absolute Gasteiger partial charge is 0.346 e. The van der Waals surface area contributed by atoms with Crippen LogP contribution in [0.25, 0.3) is 0 Å². The molecule has 0 aliphatic heterocycles. The second kappa shape index (κ2) is 6.26. The minimum Gasteiger partial charge on any atom is -0.346 e. The Bertz CT molecular complexity index is 675. The lowest BCUT2D eigenvalue weighted by Gasteiger charge is -2.19. The molecule has 0 amide bonds. The number of pyridine rings is 1. The summed E-state index contributed by atoms with van der Waals surface area (Å²) in [5.74, 6) is 2.03. The van der Waals surface area contributed by atoms with Crippen LogP contribution in [0.5, 0.6) is 0 Å². The van der Waals surface area contributed by atoms with Gasteiger partial charge in [-0.3, -0.25) is 4.98 Å². The van der Waals surface area contributed by atoms with Gasteiger partial charge in [0, 0.05) is 24.0 Å². The molecule has 23 heavy (non-hydrogen) atoms. The van der Waals surface area contributed by atoms with Crippen molar-refractivity contribution in [2.45, 2.75) is 57.4 Å². The lowest BCUT2D eigenvalue weighted by molar-refractivity contribution is 0.644. The van der Waals surface area contributed by atoms with Crippen molar-refractivity contribution in [1.82, 2.24) is 15.0 Å². The molecule has 0 spiro atoms. The predicted octanol–water partition coefficient (Wildman–Crippen LogP) is 4.40. The van der Waals surface area contributed by atoms with Gasteiger partial charge in [-0.2, -0.15) is 0 Å². The third-order valence-electron chi connectivity index (χ3n) is 5.08. The Hall–Kier alpha value is -1.97. The SMILES string of the molecule is Cc1ccnc([C@@H](Nc2nccc(C3CCCC3)n2)C2CC2)c1. The molecule has 0 unspecified atom stereocenters. The van der Waals surface area contributed by atoms with E-state index < -0.39 is 0 Å². The van der Waals surface area contributed by atoms with Crippen LogP contribution in [0, 0.1) is 12.8 Å². The van der Waals surface area contributed by atoms with E-state index in [9.17, 15) is 0 Å². The summed E-state index contributed by atoms with van der Waals surface area (Å²) >= 11 is 0. The monoisotopic (exact) mass is 308 g/mol. The van der Waals surface area contributed by atoms with E-state index in [4.69, 9.17) is 4.98 Å². The number of anilines is 1. The van der Waals surface area contributed by atoms with Crippen molar-refractivity contribution >= 4 is 5.95 Å². The average Bonchev–Trinajstić information content (AvgIpc) is 3.26. The first-order valence-electron chi connectivity index (χ1n) is 8.81. The van der Waals surface area contributed by atoms with Gasteiger partial charge < -0.3 is 5.32 Å². The molecular formula is C19H24N4. The van der Waals surface area contributed by atoms with Gasteiger partial charge in [0.1, 0.15) is 0 Å². The van der Waals surface area contributed by atoms with Crippen molar-refractivity contribution in [1.29, 1.82) is 0 Å². The Labute approximate surface area is 137 Å². The second-order valence-electron chi connectivity index (χ2n) is 7.00. The summed E-state index contributed by atoms with van der Waals surface area (Å²) in [6.07, 6.45) is 11.5. The van der Waals surface area contributed by atoms with Gasteiger partial charge in [0.25, 0.3) is 0 Å². The van der Waals surface area contributed by atoms with Gasteiger partial charge in [-0.25, -0.2) is 9.97 Å². The number of nitrogens with one attached hydrogen (secondary N) is 1. The Morgan fingerprint density at radius 2 is 1.83 bits per heavy atom. The zero-order valence-corrected chi connectivity index (χ0v) is 13.7. The van der Waals surface area contributed by atoms with Crippen LogP contribution >= 0.6 is 0 Å².